The Balaban J connectivity index is 1.98. The SMILES string of the molecule is N#CC(NC(=O)CCc1ccc(Cl)cc1Cl)c1ccccc1F. The van der Waals surface area contributed by atoms with Crippen LogP contribution in [-0.4, -0.2) is 5.91 Å². The van der Waals surface area contributed by atoms with Crippen LogP contribution in [0.1, 0.15) is 23.6 Å². The average molecular weight is 351 g/mol. The number of carbonyl (C=O) groups is 1. The van der Waals surface area contributed by atoms with E-state index in [1.165, 1.54) is 18.2 Å². The van der Waals surface area contributed by atoms with Crippen LogP contribution in [-0.2, 0) is 11.2 Å². The number of nitrogens with one attached hydrogen (secondary N) is 1. The highest BCUT2D eigenvalue weighted by atomic mass is 35.5. The maximum atomic E-state index is 13.7. The summed E-state index contributed by atoms with van der Waals surface area (Å²) in [5.74, 6) is -0.883. The molecule has 118 valence electrons. The Morgan fingerprint density at radius 2 is 2.00 bits per heavy atom. The number of benzene rings is 2. The second-order valence-corrected chi connectivity index (χ2v) is 5.73. The lowest BCUT2D eigenvalue weighted by Crippen LogP contribution is -2.28. The van der Waals surface area contributed by atoms with Gasteiger partial charge in [0.2, 0.25) is 5.91 Å². The monoisotopic (exact) mass is 350 g/mol. The van der Waals surface area contributed by atoms with Crippen molar-refractivity contribution in [3.63, 3.8) is 0 Å². The Morgan fingerprint density at radius 3 is 2.65 bits per heavy atom. The highest BCUT2D eigenvalue weighted by Gasteiger charge is 2.17. The molecule has 0 aliphatic carbocycles. The first kappa shape index (κ1) is 17.3. The van der Waals surface area contributed by atoms with E-state index in [2.05, 4.69) is 5.32 Å². The van der Waals surface area contributed by atoms with E-state index in [-0.39, 0.29) is 17.9 Å². The molecule has 2 rings (SSSR count). The number of rotatable bonds is 5. The van der Waals surface area contributed by atoms with E-state index in [0.29, 0.717) is 16.5 Å². The summed E-state index contributed by atoms with van der Waals surface area (Å²) in [4.78, 5) is 12.0. The Hall–Kier alpha value is -2.09. The van der Waals surface area contributed by atoms with E-state index < -0.39 is 11.9 Å². The molecule has 0 aliphatic rings. The molecule has 0 spiro atoms. The third-order valence-corrected chi connectivity index (χ3v) is 3.87. The van der Waals surface area contributed by atoms with Gasteiger partial charge in [0.25, 0.3) is 0 Å². The predicted octanol–water partition coefficient (Wildman–Crippen LogP) is 4.45. The number of nitrogens with zero attached hydrogens (tertiary/aromatic N) is 1. The average Bonchev–Trinajstić information content (AvgIpc) is 2.52. The van der Waals surface area contributed by atoms with E-state index in [1.54, 1.807) is 24.3 Å². The summed E-state index contributed by atoms with van der Waals surface area (Å²) in [5, 5.41) is 12.7. The Labute approximate surface area is 143 Å². The first-order chi connectivity index (χ1) is 11.0. The second kappa shape index (κ2) is 7.96. The fourth-order valence-electron chi connectivity index (χ4n) is 2.09. The van der Waals surface area contributed by atoms with Gasteiger partial charge in [0.15, 0.2) is 0 Å². The van der Waals surface area contributed by atoms with Gasteiger partial charge in [-0.3, -0.25) is 4.79 Å². The van der Waals surface area contributed by atoms with Gasteiger partial charge in [0.05, 0.1) is 6.07 Å². The maximum Gasteiger partial charge on any atom is 0.221 e. The number of hydrogen-bond acceptors (Lipinski definition) is 2. The highest BCUT2D eigenvalue weighted by molar-refractivity contribution is 6.35. The third-order valence-electron chi connectivity index (χ3n) is 3.29. The zero-order valence-corrected chi connectivity index (χ0v) is 13.5. The molecule has 0 fully saturated rings. The van der Waals surface area contributed by atoms with Crippen molar-refractivity contribution in [2.75, 3.05) is 0 Å². The van der Waals surface area contributed by atoms with Crippen molar-refractivity contribution >= 4 is 29.1 Å². The molecule has 0 bridgehead atoms. The molecule has 1 amide bonds. The molecule has 0 heterocycles. The van der Waals surface area contributed by atoms with Crippen molar-refractivity contribution in [3.8, 4) is 6.07 Å². The molecule has 0 aromatic heterocycles. The van der Waals surface area contributed by atoms with Crippen molar-refractivity contribution in [1.82, 2.24) is 5.32 Å². The van der Waals surface area contributed by atoms with E-state index in [1.807, 2.05) is 6.07 Å². The second-order valence-electron chi connectivity index (χ2n) is 4.89. The van der Waals surface area contributed by atoms with E-state index in [0.717, 1.165) is 5.56 Å². The lowest BCUT2D eigenvalue weighted by Gasteiger charge is -2.13. The number of nitriles is 1. The standard InChI is InChI=1S/C17H13Cl2FN2O/c18-12-7-5-11(14(19)9-12)6-8-17(23)22-16(10-21)13-3-1-2-4-15(13)20/h1-5,7,9,16H,6,8H2,(H,22,23). The fourth-order valence-corrected chi connectivity index (χ4v) is 2.60. The summed E-state index contributed by atoms with van der Waals surface area (Å²) in [6, 6.07) is 11.8. The lowest BCUT2D eigenvalue weighted by atomic mass is 10.1. The fraction of sp³-hybridized carbons (Fsp3) is 0.176. The number of aryl methyl sites for hydroxylation is 1. The molecule has 23 heavy (non-hydrogen) atoms. The summed E-state index contributed by atoms with van der Waals surface area (Å²) in [6.07, 6.45) is 0.533. The van der Waals surface area contributed by atoms with Crippen LogP contribution in [0.4, 0.5) is 4.39 Å². The van der Waals surface area contributed by atoms with Gasteiger partial charge < -0.3 is 5.32 Å². The van der Waals surface area contributed by atoms with Gasteiger partial charge in [-0.05, 0) is 30.2 Å². The molecule has 2 aromatic rings. The van der Waals surface area contributed by atoms with Crippen LogP contribution < -0.4 is 5.32 Å². The molecule has 1 unspecified atom stereocenters. The molecule has 0 saturated carbocycles. The van der Waals surface area contributed by atoms with Crippen molar-refractivity contribution in [2.45, 2.75) is 18.9 Å². The Bertz CT molecular complexity index is 758. The van der Waals surface area contributed by atoms with Gasteiger partial charge in [-0.15, -0.1) is 0 Å². The van der Waals surface area contributed by atoms with E-state index >= 15 is 0 Å². The summed E-state index contributed by atoms with van der Waals surface area (Å²) in [7, 11) is 0. The van der Waals surface area contributed by atoms with Crippen LogP contribution in [0.25, 0.3) is 0 Å². The van der Waals surface area contributed by atoms with E-state index in [4.69, 9.17) is 28.5 Å². The molecule has 1 atom stereocenters. The topological polar surface area (TPSA) is 52.9 Å². The minimum atomic E-state index is -1.02. The van der Waals surface area contributed by atoms with Crippen molar-refractivity contribution in [2.24, 2.45) is 0 Å². The smallest absolute Gasteiger partial charge is 0.221 e. The molecule has 0 aliphatic heterocycles. The largest absolute Gasteiger partial charge is 0.337 e. The van der Waals surface area contributed by atoms with Gasteiger partial charge in [-0.2, -0.15) is 5.26 Å². The molecule has 6 heteroatoms. The Kier molecular flexibility index (Phi) is 5.97. The molecule has 1 N–H and O–H groups in total. The number of hydrogen-bond donors (Lipinski definition) is 1. The number of halogens is 3. The van der Waals surface area contributed by atoms with Crippen LogP contribution >= 0.6 is 23.2 Å². The Morgan fingerprint density at radius 1 is 1.26 bits per heavy atom. The molecular weight excluding hydrogens is 338 g/mol. The molecule has 0 radical (unpaired) electrons. The zero-order chi connectivity index (χ0) is 16.8. The van der Waals surface area contributed by atoms with Gasteiger partial charge in [-0.25, -0.2) is 4.39 Å². The third kappa shape index (κ3) is 4.69. The van der Waals surface area contributed by atoms with Gasteiger partial charge in [-0.1, -0.05) is 47.5 Å². The zero-order valence-electron chi connectivity index (χ0n) is 12.0. The minimum absolute atomic E-state index is 0.133. The lowest BCUT2D eigenvalue weighted by molar-refractivity contribution is -0.121. The number of carbonyl (C=O) groups excluding carboxylic acids is 1. The predicted molar refractivity (Wildman–Crippen MR) is 87.7 cm³/mol. The van der Waals surface area contributed by atoms with Crippen LogP contribution in [0.15, 0.2) is 42.5 Å². The maximum absolute atomic E-state index is 13.7. The van der Waals surface area contributed by atoms with E-state index in [9.17, 15) is 9.18 Å². The normalized spacial score (nSPS) is 11.6. The summed E-state index contributed by atoms with van der Waals surface area (Å²) >= 11 is 11.9. The van der Waals surface area contributed by atoms with Crippen molar-refractivity contribution < 1.29 is 9.18 Å². The first-order valence-corrected chi connectivity index (χ1v) is 7.64. The van der Waals surface area contributed by atoms with Crippen LogP contribution in [0.3, 0.4) is 0 Å². The van der Waals surface area contributed by atoms with Crippen LogP contribution in [0.5, 0.6) is 0 Å². The van der Waals surface area contributed by atoms with Gasteiger partial charge >= 0.3 is 0 Å². The van der Waals surface area contributed by atoms with Crippen LogP contribution in [0, 0.1) is 17.1 Å². The molecule has 2 aromatic carbocycles. The molecule has 3 nitrogen and oxygen atoms in total. The number of amides is 1. The summed E-state index contributed by atoms with van der Waals surface area (Å²) in [5.41, 5.74) is 0.929. The highest BCUT2D eigenvalue weighted by Crippen LogP contribution is 2.22. The van der Waals surface area contributed by atoms with Crippen molar-refractivity contribution in [3.05, 3.63) is 69.5 Å². The van der Waals surface area contributed by atoms with Gasteiger partial charge in [0, 0.05) is 22.0 Å². The summed E-state index contributed by atoms with van der Waals surface area (Å²) < 4.78 is 13.7. The molecular formula is C17H13Cl2FN2O. The van der Waals surface area contributed by atoms with Crippen molar-refractivity contribution in [1.29, 1.82) is 5.26 Å². The van der Waals surface area contributed by atoms with Gasteiger partial charge in [0.1, 0.15) is 11.9 Å². The quantitative estimate of drug-likeness (QED) is 0.866. The minimum Gasteiger partial charge on any atom is -0.337 e. The summed E-state index contributed by atoms with van der Waals surface area (Å²) in [6.45, 7) is 0. The van der Waals surface area contributed by atoms with Crippen LogP contribution in [0.2, 0.25) is 10.0 Å². The first-order valence-electron chi connectivity index (χ1n) is 6.88. The molecule has 0 saturated heterocycles.